The zero-order valence-electron chi connectivity index (χ0n) is 13.0. The van der Waals surface area contributed by atoms with Gasteiger partial charge in [-0.1, -0.05) is 0 Å². The number of halogens is 3. The van der Waals surface area contributed by atoms with Crippen molar-refractivity contribution in [2.75, 3.05) is 31.5 Å². The van der Waals surface area contributed by atoms with Gasteiger partial charge in [0.2, 0.25) is 0 Å². The number of urea groups is 1. The van der Waals surface area contributed by atoms with E-state index in [1.807, 2.05) is 11.8 Å². The van der Waals surface area contributed by atoms with E-state index < -0.39 is 29.6 Å². The van der Waals surface area contributed by atoms with E-state index in [0.29, 0.717) is 26.2 Å². The van der Waals surface area contributed by atoms with Crippen molar-refractivity contribution in [1.29, 1.82) is 0 Å². The summed E-state index contributed by atoms with van der Waals surface area (Å²) in [5.74, 6) is -4.27. The minimum Gasteiger partial charge on any atom is -0.392 e. The number of benzene rings is 1. The average Bonchev–Trinajstić information content (AvgIpc) is 2.43. The normalized spacial score (nSPS) is 20.4. The first kappa shape index (κ1) is 17.6. The number of piperazine rings is 1. The van der Waals surface area contributed by atoms with Crippen molar-refractivity contribution in [2.45, 2.75) is 26.0 Å². The molecule has 0 saturated carbocycles. The summed E-state index contributed by atoms with van der Waals surface area (Å²) in [5.41, 5.74) is -0.134. The highest BCUT2D eigenvalue weighted by Crippen LogP contribution is 2.19. The van der Waals surface area contributed by atoms with E-state index in [4.69, 9.17) is 0 Å². The highest BCUT2D eigenvalue weighted by Gasteiger charge is 2.28. The van der Waals surface area contributed by atoms with Crippen LogP contribution in [-0.2, 0) is 0 Å². The molecule has 0 aliphatic carbocycles. The number of nitrogens with one attached hydrogen (secondary N) is 1. The minimum atomic E-state index is -1.57. The predicted molar refractivity (Wildman–Crippen MR) is 79.6 cm³/mol. The van der Waals surface area contributed by atoms with Crippen LogP contribution in [0.25, 0.3) is 0 Å². The molecule has 5 nitrogen and oxygen atoms in total. The second-order valence-corrected chi connectivity index (χ2v) is 5.84. The van der Waals surface area contributed by atoms with Crippen molar-refractivity contribution in [3.8, 4) is 0 Å². The van der Waals surface area contributed by atoms with Gasteiger partial charge in [0.25, 0.3) is 0 Å². The van der Waals surface area contributed by atoms with Gasteiger partial charge in [-0.05, 0) is 13.8 Å². The molecule has 1 aromatic rings. The van der Waals surface area contributed by atoms with Crippen molar-refractivity contribution >= 4 is 11.7 Å². The average molecular weight is 331 g/mol. The number of nitrogens with zero attached hydrogens (tertiary/aromatic N) is 2. The highest BCUT2D eigenvalue weighted by molar-refractivity contribution is 5.89. The van der Waals surface area contributed by atoms with Crippen molar-refractivity contribution in [3.63, 3.8) is 0 Å². The lowest BCUT2D eigenvalue weighted by Gasteiger charge is -2.40. The van der Waals surface area contributed by atoms with Gasteiger partial charge in [0.05, 0.1) is 6.10 Å². The Labute approximate surface area is 132 Å². The van der Waals surface area contributed by atoms with E-state index in [-0.39, 0.29) is 11.7 Å². The van der Waals surface area contributed by atoms with Crippen LogP contribution in [0.2, 0.25) is 0 Å². The van der Waals surface area contributed by atoms with Gasteiger partial charge in [-0.3, -0.25) is 4.90 Å². The molecule has 2 amide bonds. The summed E-state index contributed by atoms with van der Waals surface area (Å²) < 4.78 is 39.3. The number of rotatable bonds is 3. The molecule has 8 heteroatoms. The van der Waals surface area contributed by atoms with Crippen LogP contribution in [0.3, 0.4) is 0 Å². The molecule has 23 heavy (non-hydrogen) atoms. The molecule has 2 unspecified atom stereocenters. The van der Waals surface area contributed by atoms with E-state index >= 15 is 0 Å². The van der Waals surface area contributed by atoms with Crippen LogP contribution in [0.15, 0.2) is 12.1 Å². The third-order valence-corrected chi connectivity index (χ3v) is 3.73. The van der Waals surface area contributed by atoms with Gasteiger partial charge in [0.15, 0.2) is 17.5 Å². The van der Waals surface area contributed by atoms with E-state index in [1.165, 1.54) is 4.90 Å². The number of carbonyl (C=O) groups is 1. The molecule has 1 fully saturated rings. The SMILES string of the molecule is CC(O)CN1CCN(C(=O)Nc2cc(F)c(F)c(F)c2)C(C)C1. The van der Waals surface area contributed by atoms with E-state index in [9.17, 15) is 23.1 Å². The van der Waals surface area contributed by atoms with Crippen LogP contribution in [0, 0.1) is 17.5 Å². The van der Waals surface area contributed by atoms with Crippen LogP contribution in [0.4, 0.5) is 23.7 Å². The summed E-state index contributed by atoms with van der Waals surface area (Å²) in [5, 5.41) is 11.8. The maximum absolute atomic E-state index is 13.2. The standard InChI is InChI=1S/C15H20F3N3O2/c1-9-7-20(8-10(2)22)3-4-21(9)15(23)19-11-5-12(16)14(18)13(17)6-11/h5-6,9-10,22H,3-4,7-8H2,1-2H3,(H,19,23). The Hall–Kier alpha value is -1.80. The fourth-order valence-corrected chi connectivity index (χ4v) is 2.70. The number of hydrogen-bond donors (Lipinski definition) is 2. The van der Waals surface area contributed by atoms with Gasteiger partial charge in [0.1, 0.15) is 0 Å². The molecule has 1 aliphatic rings. The number of anilines is 1. The van der Waals surface area contributed by atoms with E-state index in [1.54, 1.807) is 6.92 Å². The van der Waals surface area contributed by atoms with Gasteiger partial charge < -0.3 is 15.3 Å². The predicted octanol–water partition coefficient (Wildman–Crippen LogP) is 2.02. The summed E-state index contributed by atoms with van der Waals surface area (Å²) in [4.78, 5) is 15.8. The smallest absolute Gasteiger partial charge is 0.322 e. The van der Waals surface area contributed by atoms with Crippen LogP contribution < -0.4 is 5.32 Å². The van der Waals surface area contributed by atoms with Crippen molar-refractivity contribution in [1.82, 2.24) is 9.80 Å². The second-order valence-electron chi connectivity index (χ2n) is 5.84. The van der Waals surface area contributed by atoms with Gasteiger partial charge in [0, 0.05) is 50.0 Å². The number of amides is 2. The molecule has 1 aromatic carbocycles. The van der Waals surface area contributed by atoms with Crippen LogP contribution in [0.1, 0.15) is 13.8 Å². The third-order valence-electron chi connectivity index (χ3n) is 3.73. The van der Waals surface area contributed by atoms with Crippen molar-refractivity contribution in [2.24, 2.45) is 0 Å². The first-order valence-electron chi connectivity index (χ1n) is 7.40. The first-order chi connectivity index (χ1) is 10.8. The summed E-state index contributed by atoms with van der Waals surface area (Å²) in [6, 6.07) is 0.854. The zero-order valence-corrected chi connectivity index (χ0v) is 13.0. The largest absolute Gasteiger partial charge is 0.392 e. The van der Waals surface area contributed by atoms with Crippen molar-refractivity contribution < 1.29 is 23.1 Å². The lowest BCUT2D eigenvalue weighted by atomic mass is 10.2. The molecule has 0 aromatic heterocycles. The first-order valence-corrected chi connectivity index (χ1v) is 7.40. The topological polar surface area (TPSA) is 55.8 Å². The molecular weight excluding hydrogens is 311 g/mol. The second kappa shape index (κ2) is 7.18. The molecule has 2 rings (SSSR count). The Morgan fingerprint density at radius 2 is 1.96 bits per heavy atom. The monoisotopic (exact) mass is 331 g/mol. The summed E-state index contributed by atoms with van der Waals surface area (Å²) in [6.45, 7) is 5.67. The molecule has 2 N–H and O–H groups in total. The van der Waals surface area contributed by atoms with Gasteiger partial charge in [-0.15, -0.1) is 0 Å². The Morgan fingerprint density at radius 3 is 2.48 bits per heavy atom. The number of hydrogen-bond acceptors (Lipinski definition) is 3. The Kier molecular flexibility index (Phi) is 5.48. The molecule has 0 radical (unpaired) electrons. The van der Waals surface area contributed by atoms with Gasteiger partial charge >= 0.3 is 6.03 Å². The lowest BCUT2D eigenvalue weighted by Crippen LogP contribution is -2.56. The number of carbonyl (C=O) groups excluding carboxylic acids is 1. The number of aliphatic hydroxyl groups excluding tert-OH is 1. The lowest BCUT2D eigenvalue weighted by molar-refractivity contribution is 0.0692. The van der Waals surface area contributed by atoms with Crippen LogP contribution in [-0.4, -0.2) is 59.3 Å². The molecule has 1 saturated heterocycles. The van der Waals surface area contributed by atoms with Crippen LogP contribution in [0.5, 0.6) is 0 Å². The Morgan fingerprint density at radius 1 is 1.35 bits per heavy atom. The molecule has 128 valence electrons. The quantitative estimate of drug-likeness (QED) is 0.833. The number of aliphatic hydroxyl groups is 1. The Bertz CT molecular complexity index is 560. The molecule has 2 atom stereocenters. The molecular formula is C15H20F3N3O2. The molecule has 0 bridgehead atoms. The molecule has 1 aliphatic heterocycles. The van der Waals surface area contributed by atoms with E-state index in [2.05, 4.69) is 5.32 Å². The Balaban J connectivity index is 1.99. The van der Waals surface area contributed by atoms with Gasteiger partial charge in [-0.25, -0.2) is 18.0 Å². The zero-order chi connectivity index (χ0) is 17.1. The maximum atomic E-state index is 13.2. The summed E-state index contributed by atoms with van der Waals surface area (Å²) >= 11 is 0. The molecule has 0 spiro atoms. The van der Waals surface area contributed by atoms with Gasteiger partial charge in [-0.2, -0.15) is 0 Å². The third kappa shape index (κ3) is 4.35. The molecule has 1 heterocycles. The van der Waals surface area contributed by atoms with Crippen molar-refractivity contribution in [3.05, 3.63) is 29.6 Å². The number of β-amino-alcohol motifs (C(OH)–C–C–N with tert-alkyl or cyclic N) is 1. The minimum absolute atomic E-state index is 0.127. The van der Waals surface area contributed by atoms with E-state index in [0.717, 1.165) is 12.1 Å². The fraction of sp³-hybridized carbons (Fsp3) is 0.533. The maximum Gasteiger partial charge on any atom is 0.322 e. The highest BCUT2D eigenvalue weighted by atomic mass is 19.2. The summed E-state index contributed by atoms with van der Waals surface area (Å²) in [6.07, 6.45) is -0.451. The fourth-order valence-electron chi connectivity index (χ4n) is 2.70. The summed E-state index contributed by atoms with van der Waals surface area (Å²) in [7, 11) is 0. The van der Waals surface area contributed by atoms with Crippen LogP contribution >= 0.6 is 0 Å².